The van der Waals surface area contributed by atoms with Gasteiger partial charge in [-0.15, -0.1) is 0 Å². The number of hydrogen-bond acceptors (Lipinski definition) is 3. The number of aliphatic hydroxyl groups is 1. The first-order valence-corrected chi connectivity index (χ1v) is 8.43. The van der Waals surface area contributed by atoms with E-state index >= 15 is 0 Å². The van der Waals surface area contributed by atoms with E-state index in [9.17, 15) is 9.90 Å². The number of amides is 2. The lowest BCUT2D eigenvalue weighted by atomic mass is 10.0. The quantitative estimate of drug-likeness (QED) is 0.827. The lowest BCUT2D eigenvalue weighted by molar-refractivity contribution is 0.130. The average Bonchev–Trinajstić information content (AvgIpc) is 3.06. The third-order valence-electron chi connectivity index (χ3n) is 4.30. The van der Waals surface area contributed by atoms with Gasteiger partial charge in [0, 0.05) is 12.6 Å². The Morgan fingerprint density at radius 2 is 2.12 bits per heavy atom. The molecular formula is C18H20ClN3O2. The molecule has 2 unspecified atom stereocenters. The number of hydrogen-bond donors (Lipinski definition) is 2. The van der Waals surface area contributed by atoms with E-state index in [1.54, 1.807) is 17.0 Å². The van der Waals surface area contributed by atoms with Gasteiger partial charge >= 0.3 is 6.03 Å². The number of nitrogens with one attached hydrogen (secondary N) is 1. The van der Waals surface area contributed by atoms with Crippen LogP contribution in [0.5, 0.6) is 0 Å². The molecule has 0 bridgehead atoms. The number of halogens is 1. The summed E-state index contributed by atoms with van der Waals surface area (Å²) in [6, 6.07) is 12.8. The van der Waals surface area contributed by atoms with Crippen molar-refractivity contribution in [1.82, 2.24) is 9.88 Å². The largest absolute Gasteiger partial charge is 0.388 e. The molecule has 1 saturated heterocycles. The fraction of sp³-hybridized carbons (Fsp3) is 0.333. The monoisotopic (exact) mass is 345 g/mol. The number of benzene rings is 1. The molecule has 0 radical (unpaired) electrons. The summed E-state index contributed by atoms with van der Waals surface area (Å²) in [4.78, 5) is 18.3. The standard InChI is InChI=1S/C18H20ClN3O2/c19-17-9-8-14(12-20-17)21-18(24)22-10-4-7-15(22)11-16(23)13-5-2-1-3-6-13/h1-3,5-6,8-9,12,15-16,23H,4,7,10-11H2,(H,21,24). The highest BCUT2D eigenvalue weighted by Crippen LogP contribution is 2.28. The Morgan fingerprint density at radius 3 is 2.83 bits per heavy atom. The first kappa shape index (κ1) is 16.7. The van der Waals surface area contributed by atoms with Crippen LogP contribution in [-0.4, -0.2) is 33.6 Å². The van der Waals surface area contributed by atoms with Crippen molar-refractivity contribution in [3.63, 3.8) is 0 Å². The summed E-state index contributed by atoms with van der Waals surface area (Å²) >= 11 is 5.75. The number of aromatic nitrogens is 1. The van der Waals surface area contributed by atoms with Crippen LogP contribution in [0.4, 0.5) is 10.5 Å². The molecule has 126 valence electrons. The van der Waals surface area contributed by atoms with Crippen molar-refractivity contribution < 1.29 is 9.90 Å². The minimum absolute atomic E-state index is 0.0282. The van der Waals surface area contributed by atoms with Gasteiger partial charge in [0.25, 0.3) is 0 Å². The minimum atomic E-state index is -0.568. The highest BCUT2D eigenvalue weighted by atomic mass is 35.5. The molecule has 1 aromatic heterocycles. The molecule has 1 aliphatic rings. The van der Waals surface area contributed by atoms with E-state index < -0.39 is 6.10 Å². The Kier molecular flexibility index (Phi) is 5.33. The molecule has 2 aromatic rings. The highest BCUT2D eigenvalue weighted by Gasteiger charge is 2.30. The van der Waals surface area contributed by atoms with Crippen molar-refractivity contribution in [3.05, 3.63) is 59.4 Å². The molecule has 0 spiro atoms. The van der Waals surface area contributed by atoms with E-state index in [2.05, 4.69) is 10.3 Å². The van der Waals surface area contributed by atoms with Crippen molar-refractivity contribution in [2.24, 2.45) is 0 Å². The lowest BCUT2D eigenvalue weighted by Gasteiger charge is -2.27. The van der Waals surface area contributed by atoms with E-state index in [1.165, 1.54) is 6.20 Å². The maximum atomic E-state index is 12.5. The summed E-state index contributed by atoms with van der Waals surface area (Å²) in [7, 11) is 0. The maximum absolute atomic E-state index is 12.5. The number of pyridine rings is 1. The third kappa shape index (κ3) is 4.04. The molecule has 2 atom stereocenters. The molecule has 0 saturated carbocycles. The van der Waals surface area contributed by atoms with Crippen LogP contribution in [0, 0.1) is 0 Å². The Morgan fingerprint density at radius 1 is 1.33 bits per heavy atom. The summed E-state index contributed by atoms with van der Waals surface area (Å²) < 4.78 is 0. The first-order valence-electron chi connectivity index (χ1n) is 8.05. The van der Waals surface area contributed by atoms with Crippen molar-refractivity contribution in [1.29, 1.82) is 0 Å². The molecule has 2 heterocycles. The number of carbonyl (C=O) groups excluding carboxylic acids is 1. The van der Waals surface area contributed by atoms with Crippen LogP contribution in [-0.2, 0) is 0 Å². The summed E-state index contributed by atoms with van der Waals surface area (Å²) in [6.07, 6.45) is 3.34. The second-order valence-electron chi connectivity index (χ2n) is 5.95. The van der Waals surface area contributed by atoms with E-state index in [1.807, 2.05) is 30.3 Å². The highest BCUT2D eigenvalue weighted by molar-refractivity contribution is 6.29. The van der Waals surface area contributed by atoms with Crippen LogP contribution in [0.25, 0.3) is 0 Å². The normalized spacial score (nSPS) is 18.4. The zero-order chi connectivity index (χ0) is 16.9. The average molecular weight is 346 g/mol. The number of carbonyl (C=O) groups is 1. The number of rotatable bonds is 4. The maximum Gasteiger partial charge on any atom is 0.322 e. The van der Waals surface area contributed by atoms with Crippen molar-refractivity contribution >= 4 is 23.3 Å². The summed E-state index contributed by atoms with van der Waals surface area (Å²) in [5.74, 6) is 0. The Bertz CT molecular complexity index is 678. The van der Waals surface area contributed by atoms with Crippen LogP contribution < -0.4 is 5.32 Å². The van der Waals surface area contributed by atoms with Gasteiger partial charge in [-0.2, -0.15) is 0 Å². The molecule has 3 rings (SSSR count). The summed E-state index contributed by atoms with van der Waals surface area (Å²) in [5, 5.41) is 13.6. The first-order chi connectivity index (χ1) is 11.6. The van der Waals surface area contributed by atoms with Crippen LogP contribution in [0.2, 0.25) is 5.15 Å². The van der Waals surface area contributed by atoms with Gasteiger partial charge in [0.05, 0.1) is 18.0 Å². The van der Waals surface area contributed by atoms with Crippen LogP contribution in [0.1, 0.15) is 30.9 Å². The zero-order valence-corrected chi connectivity index (χ0v) is 14.0. The molecule has 1 aliphatic heterocycles. The molecular weight excluding hydrogens is 326 g/mol. The van der Waals surface area contributed by atoms with Gasteiger partial charge in [-0.1, -0.05) is 41.9 Å². The van der Waals surface area contributed by atoms with Gasteiger partial charge in [0.2, 0.25) is 0 Å². The van der Waals surface area contributed by atoms with E-state index in [0.717, 1.165) is 18.4 Å². The van der Waals surface area contributed by atoms with E-state index in [0.29, 0.717) is 23.8 Å². The SMILES string of the molecule is O=C(Nc1ccc(Cl)nc1)N1CCCC1CC(O)c1ccccc1. The van der Waals surface area contributed by atoms with Gasteiger partial charge in [-0.3, -0.25) is 0 Å². The number of likely N-dealkylation sites (tertiary alicyclic amines) is 1. The minimum Gasteiger partial charge on any atom is -0.388 e. The second kappa shape index (κ2) is 7.64. The van der Waals surface area contributed by atoms with Gasteiger partial charge in [-0.05, 0) is 37.0 Å². The summed E-state index contributed by atoms with van der Waals surface area (Å²) in [6.45, 7) is 0.693. The van der Waals surface area contributed by atoms with Crippen LogP contribution in [0.3, 0.4) is 0 Å². The fourth-order valence-corrected chi connectivity index (χ4v) is 3.17. The van der Waals surface area contributed by atoms with Crippen molar-refractivity contribution in [2.75, 3.05) is 11.9 Å². The molecule has 24 heavy (non-hydrogen) atoms. The van der Waals surface area contributed by atoms with Gasteiger partial charge in [0.1, 0.15) is 5.15 Å². The molecule has 2 amide bonds. The molecule has 6 heteroatoms. The fourth-order valence-electron chi connectivity index (χ4n) is 3.06. The van der Waals surface area contributed by atoms with Crippen LogP contribution >= 0.6 is 11.6 Å². The van der Waals surface area contributed by atoms with Gasteiger partial charge in [-0.25, -0.2) is 9.78 Å². The van der Waals surface area contributed by atoms with Crippen molar-refractivity contribution in [2.45, 2.75) is 31.4 Å². The van der Waals surface area contributed by atoms with Gasteiger partial charge < -0.3 is 15.3 Å². The smallest absolute Gasteiger partial charge is 0.322 e. The third-order valence-corrected chi connectivity index (χ3v) is 4.52. The number of anilines is 1. The molecule has 5 nitrogen and oxygen atoms in total. The number of nitrogens with zero attached hydrogens (tertiary/aromatic N) is 2. The second-order valence-corrected chi connectivity index (χ2v) is 6.34. The predicted octanol–water partition coefficient (Wildman–Crippen LogP) is 3.86. The predicted molar refractivity (Wildman–Crippen MR) is 94.0 cm³/mol. The number of urea groups is 1. The Hall–Kier alpha value is -2.11. The lowest BCUT2D eigenvalue weighted by Crippen LogP contribution is -2.39. The van der Waals surface area contributed by atoms with Gasteiger partial charge in [0.15, 0.2) is 0 Å². The van der Waals surface area contributed by atoms with Crippen molar-refractivity contribution in [3.8, 4) is 0 Å². The molecule has 1 aromatic carbocycles. The molecule has 0 aliphatic carbocycles. The van der Waals surface area contributed by atoms with E-state index in [4.69, 9.17) is 11.6 Å². The van der Waals surface area contributed by atoms with E-state index in [-0.39, 0.29) is 12.1 Å². The number of aliphatic hydroxyl groups excluding tert-OH is 1. The molecule has 1 fully saturated rings. The zero-order valence-electron chi connectivity index (χ0n) is 13.2. The summed E-state index contributed by atoms with van der Waals surface area (Å²) in [5.41, 5.74) is 1.49. The van der Waals surface area contributed by atoms with Crippen LogP contribution in [0.15, 0.2) is 48.7 Å². The Balaban J connectivity index is 1.62. The molecule has 2 N–H and O–H groups in total. The Labute approximate surface area is 146 Å². The topological polar surface area (TPSA) is 65.5 Å².